The van der Waals surface area contributed by atoms with E-state index >= 15 is 0 Å². The molecule has 5 nitrogen and oxygen atoms in total. The van der Waals surface area contributed by atoms with Crippen LogP contribution in [-0.2, 0) is 0 Å². The minimum absolute atomic E-state index is 0.461. The van der Waals surface area contributed by atoms with Crippen molar-refractivity contribution in [2.75, 3.05) is 0 Å². The van der Waals surface area contributed by atoms with Gasteiger partial charge in [0.05, 0.1) is 0 Å². The smallest absolute Gasteiger partial charge is 0.274 e. The third kappa shape index (κ3) is 1.39. The highest BCUT2D eigenvalue weighted by Gasteiger charge is 2.25. The average Bonchev–Trinajstić information content (AvgIpc) is 2.81. The van der Waals surface area contributed by atoms with Crippen molar-refractivity contribution in [1.29, 1.82) is 5.26 Å². The maximum atomic E-state index is 8.69. The van der Waals surface area contributed by atoms with E-state index in [1.54, 1.807) is 12.1 Å². The molecule has 2 heterocycles. The van der Waals surface area contributed by atoms with E-state index in [9.17, 15) is 0 Å². The van der Waals surface area contributed by atoms with Crippen LogP contribution in [0, 0.1) is 11.3 Å². The van der Waals surface area contributed by atoms with Gasteiger partial charge in [-0.15, -0.1) is 0 Å². The highest BCUT2D eigenvalue weighted by molar-refractivity contribution is 5.49. The fourth-order valence-corrected chi connectivity index (χ4v) is 1.76. The van der Waals surface area contributed by atoms with Gasteiger partial charge in [-0.05, 0) is 25.0 Å². The molecule has 1 aliphatic carbocycles. The molecule has 80 valence electrons. The topological polar surface area (TPSA) is 78.5 Å². The second-order valence-corrected chi connectivity index (χ2v) is 3.98. The van der Waals surface area contributed by atoms with Crippen LogP contribution in [-0.4, -0.2) is 15.1 Å². The van der Waals surface area contributed by atoms with Crippen molar-refractivity contribution in [2.45, 2.75) is 25.2 Å². The Labute approximate surface area is 92.1 Å². The molecule has 0 aliphatic heterocycles. The lowest BCUT2D eigenvalue weighted by molar-refractivity contribution is 0.366. The second-order valence-electron chi connectivity index (χ2n) is 3.98. The molecule has 1 fully saturated rings. The van der Waals surface area contributed by atoms with Crippen LogP contribution in [0.5, 0.6) is 0 Å². The molecule has 0 saturated heterocycles. The lowest BCUT2D eigenvalue weighted by atomic mass is 9.85. The Hall–Kier alpha value is -2.09. The van der Waals surface area contributed by atoms with Gasteiger partial charge in [-0.1, -0.05) is 11.6 Å². The molecule has 0 radical (unpaired) electrons. The Kier molecular flexibility index (Phi) is 2.00. The predicted octanol–water partition coefficient (Wildman–Crippen LogP) is 2.20. The fourth-order valence-electron chi connectivity index (χ4n) is 1.76. The van der Waals surface area contributed by atoms with Gasteiger partial charge in [0.2, 0.25) is 0 Å². The van der Waals surface area contributed by atoms with Crippen LogP contribution in [0.25, 0.3) is 11.6 Å². The number of hydrogen-bond acceptors (Lipinski definition) is 4. The molecular formula is C11H10N4O. The van der Waals surface area contributed by atoms with Crippen LogP contribution in [0.15, 0.2) is 16.7 Å². The molecule has 0 atom stereocenters. The van der Waals surface area contributed by atoms with Gasteiger partial charge in [-0.25, -0.2) is 0 Å². The molecule has 1 N–H and O–H groups in total. The van der Waals surface area contributed by atoms with Crippen LogP contribution in [0.1, 0.15) is 36.7 Å². The van der Waals surface area contributed by atoms with E-state index in [2.05, 4.69) is 15.1 Å². The molecule has 0 amide bonds. The number of aromatic nitrogens is 3. The van der Waals surface area contributed by atoms with Crippen LogP contribution in [0.4, 0.5) is 0 Å². The number of nitrogens with zero attached hydrogens (tertiary/aromatic N) is 3. The van der Waals surface area contributed by atoms with Gasteiger partial charge >= 0.3 is 0 Å². The number of aromatic amines is 1. The van der Waals surface area contributed by atoms with Crippen LogP contribution < -0.4 is 0 Å². The van der Waals surface area contributed by atoms with Crippen molar-refractivity contribution in [3.63, 3.8) is 0 Å². The SMILES string of the molecule is N#Cc1ccc(-c2nc(C3CCC3)no2)[nH]1. The summed E-state index contributed by atoms with van der Waals surface area (Å²) >= 11 is 0. The Balaban J connectivity index is 1.89. The first-order valence-electron chi connectivity index (χ1n) is 5.30. The minimum Gasteiger partial charge on any atom is -0.342 e. The van der Waals surface area contributed by atoms with E-state index in [1.165, 1.54) is 6.42 Å². The minimum atomic E-state index is 0.461. The van der Waals surface area contributed by atoms with Crippen molar-refractivity contribution >= 4 is 0 Å². The van der Waals surface area contributed by atoms with Gasteiger partial charge in [-0.3, -0.25) is 0 Å². The summed E-state index contributed by atoms with van der Waals surface area (Å²) in [6.07, 6.45) is 3.54. The molecular weight excluding hydrogens is 204 g/mol. The van der Waals surface area contributed by atoms with Gasteiger partial charge in [0.1, 0.15) is 17.5 Å². The van der Waals surface area contributed by atoms with E-state index in [-0.39, 0.29) is 0 Å². The first-order valence-corrected chi connectivity index (χ1v) is 5.30. The summed E-state index contributed by atoms with van der Waals surface area (Å²) in [5, 5.41) is 12.7. The summed E-state index contributed by atoms with van der Waals surface area (Å²) < 4.78 is 5.16. The molecule has 1 saturated carbocycles. The van der Waals surface area contributed by atoms with Crippen molar-refractivity contribution < 1.29 is 4.52 Å². The van der Waals surface area contributed by atoms with Crippen molar-refractivity contribution in [1.82, 2.24) is 15.1 Å². The summed E-state index contributed by atoms with van der Waals surface area (Å²) in [5.74, 6) is 1.71. The Morgan fingerprint density at radius 3 is 2.94 bits per heavy atom. The van der Waals surface area contributed by atoms with Crippen molar-refractivity contribution in [3.8, 4) is 17.7 Å². The highest BCUT2D eigenvalue weighted by Crippen LogP contribution is 2.35. The maximum absolute atomic E-state index is 8.69. The highest BCUT2D eigenvalue weighted by atomic mass is 16.5. The molecule has 0 unspecified atom stereocenters. The van der Waals surface area contributed by atoms with E-state index in [0.29, 0.717) is 23.2 Å². The average molecular weight is 214 g/mol. The molecule has 0 spiro atoms. The first-order chi connectivity index (χ1) is 7.86. The molecule has 1 aliphatic rings. The number of rotatable bonds is 2. The zero-order chi connectivity index (χ0) is 11.0. The molecule has 0 bridgehead atoms. The Morgan fingerprint density at radius 1 is 1.44 bits per heavy atom. The summed E-state index contributed by atoms with van der Waals surface area (Å²) in [5.41, 5.74) is 1.20. The Bertz CT molecular complexity index is 544. The van der Waals surface area contributed by atoms with E-state index in [4.69, 9.17) is 9.78 Å². The molecule has 0 aromatic carbocycles. The van der Waals surface area contributed by atoms with E-state index in [0.717, 1.165) is 18.7 Å². The molecule has 2 aromatic rings. The predicted molar refractivity (Wildman–Crippen MR) is 55.4 cm³/mol. The third-order valence-electron chi connectivity index (χ3n) is 2.95. The van der Waals surface area contributed by atoms with Crippen molar-refractivity contribution in [2.24, 2.45) is 0 Å². The van der Waals surface area contributed by atoms with Gasteiger partial charge in [-0.2, -0.15) is 10.2 Å². The monoisotopic (exact) mass is 214 g/mol. The lowest BCUT2D eigenvalue weighted by Crippen LogP contribution is -2.10. The van der Waals surface area contributed by atoms with Gasteiger partial charge in [0, 0.05) is 5.92 Å². The maximum Gasteiger partial charge on any atom is 0.274 e. The Morgan fingerprint density at radius 2 is 2.31 bits per heavy atom. The number of nitriles is 1. The summed E-state index contributed by atoms with van der Waals surface area (Å²) in [6, 6.07) is 5.50. The van der Waals surface area contributed by atoms with Gasteiger partial charge in [0.25, 0.3) is 5.89 Å². The first kappa shape index (κ1) is 9.16. The largest absolute Gasteiger partial charge is 0.342 e. The normalized spacial score (nSPS) is 15.7. The zero-order valence-corrected chi connectivity index (χ0v) is 8.60. The zero-order valence-electron chi connectivity index (χ0n) is 8.60. The lowest BCUT2D eigenvalue weighted by Gasteiger charge is -2.20. The standard InChI is InChI=1S/C11H10N4O/c12-6-8-4-5-9(13-8)11-14-10(15-16-11)7-2-1-3-7/h4-5,7,13H,1-3H2. The van der Waals surface area contributed by atoms with Gasteiger partial charge < -0.3 is 9.51 Å². The molecule has 3 rings (SSSR count). The molecule has 16 heavy (non-hydrogen) atoms. The molecule has 2 aromatic heterocycles. The number of hydrogen-bond donors (Lipinski definition) is 1. The fraction of sp³-hybridized carbons (Fsp3) is 0.364. The van der Waals surface area contributed by atoms with Crippen LogP contribution in [0.2, 0.25) is 0 Å². The number of H-pyrrole nitrogens is 1. The summed E-state index contributed by atoms with van der Waals surface area (Å²) in [7, 11) is 0. The van der Waals surface area contributed by atoms with Crippen LogP contribution in [0.3, 0.4) is 0 Å². The van der Waals surface area contributed by atoms with E-state index < -0.39 is 0 Å². The molecule has 5 heteroatoms. The third-order valence-corrected chi connectivity index (χ3v) is 2.95. The second kappa shape index (κ2) is 3.49. The van der Waals surface area contributed by atoms with Crippen LogP contribution >= 0.6 is 0 Å². The quantitative estimate of drug-likeness (QED) is 0.831. The van der Waals surface area contributed by atoms with Crippen molar-refractivity contribution in [3.05, 3.63) is 23.7 Å². The van der Waals surface area contributed by atoms with Gasteiger partial charge in [0.15, 0.2) is 5.82 Å². The summed E-state index contributed by atoms with van der Waals surface area (Å²) in [4.78, 5) is 7.24. The van der Waals surface area contributed by atoms with E-state index in [1.807, 2.05) is 6.07 Å². The number of nitrogens with one attached hydrogen (secondary N) is 1. The summed E-state index contributed by atoms with van der Waals surface area (Å²) in [6.45, 7) is 0.